The lowest BCUT2D eigenvalue weighted by Gasteiger charge is -2.31. The van der Waals surface area contributed by atoms with E-state index in [1.807, 2.05) is 57.2 Å². The molecule has 0 spiro atoms. The maximum Gasteiger partial charge on any atom is 0.244 e. The van der Waals surface area contributed by atoms with E-state index in [4.69, 9.17) is 0 Å². The fourth-order valence-electron chi connectivity index (χ4n) is 3.39. The molecule has 0 aromatic heterocycles. The summed E-state index contributed by atoms with van der Waals surface area (Å²) < 4.78 is 26.2. The Morgan fingerprint density at radius 3 is 2.19 bits per heavy atom. The first-order chi connectivity index (χ1) is 15.1. The number of anilines is 1. The summed E-state index contributed by atoms with van der Waals surface area (Å²) in [4.78, 5) is 27.4. The predicted molar refractivity (Wildman–Crippen MR) is 128 cm³/mol. The third-order valence-corrected chi connectivity index (χ3v) is 6.57. The molecule has 8 heteroatoms. The number of likely N-dealkylation sites (N-methyl/N-ethyl adjacent to an activating group) is 1. The van der Waals surface area contributed by atoms with Crippen LogP contribution in [0.2, 0.25) is 0 Å². The van der Waals surface area contributed by atoms with Crippen molar-refractivity contribution in [3.8, 4) is 0 Å². The smallest absolute Gasteiger partial charge is 0.244 e. The lowest BCUT2D eigenvalue weighted by Crippen LogP contribution is -2.51. The van der Waals surface area contributed by atoms with E-state index in [1.54, 1.807) is 19.1 Å². The van der Waals surface area contributed by atoms with Gasteiger partial charge in [0.05, 0.1) is 11.9 Å². The summed E-state index contributed by atoms with van der Waals surface area (Å²) >= 11 is 0. The topological polar surface area (TPSA) is 86.8 Å². The van der Waals surface area contributed by atoms with Gasteiger partial charge in [-0.05, 0) is 56.0 Å². The van der Waals surface area contributed by atoms with Crippen molar-refractivity contribution in [2.75, 3.05) is 23.7 Å². The van der Waals surface area contributed by atoms with Crippen LogP contribution < -0.4 is 9.62 Å². The van der Waals surface area contributed by atoms with E-state index in [0.717, 1.165) is 33.7 Å². The van der Waals surface area contributed by atoms with Crippen LogP contribution in [0, 0.1) is 6.92 Å². The molecule has 2 aromatic carbocycles. The van der Waals surface area contributed by atoms with Gasteiger partial charge < -0.3 is 10.2 Å². The maximum atomic E-state index is 13.4. The van der Waals surface area contributed by atoms with Crippen molar-refractivity contribution >= 4 is 27.5 Å². The third-order valence-electron chi connectivity index (χ3n) is 5.43. The number of carbonyl (C=O) groups is 2. The van der Waals surface area contributed by atoms with Crippen LogP contribution >= 0.6 is 0 Å². The number of nitrogens with zero attached hydrogens (tertiary/aromatic N) is 2. The molecule has 0 aliphatic rings. The Bertz CT molecular complexity index is 1040. The Hall–Kier alpha value is -2.87. The fraction of sp³-hybridized carbons (Fsp3) is 0.417. The predicted octanol–water partition coefficient (Wildman–Crippen LogP) is 2.88. The number of rotatable bonds is 10. The molecule has 174 valence electrons. The van der Waals surface area contributed by atoms with Crippen LogP contribution in [0.5, 0.6) is 0 Å². The van der Waals surface area contributed by atoms with Crippen LogP contribution in [0.4, 0.5) is 5.69 Å². The largest absolute Gasteiger partial charge is 0.355 e. The highest BCUT2D eigenvalue weighted by molar-refractivity contribution is 7.92. The number of hydrogen-bond donors (Lipinski definition) is 1. The molecule has 0 aliphatic heterocycles. The van der Waals surface area contributed by atoms with Crippen molar-refractivity contribution in [2.45, 2.75) is 46.7 Å². The number of aryl methyl sites for hydroxylation is 2. The Labute approximate surface area is 191 Å². The van der Waals surface area contributed by atoms with Crippen molar-refractivity contribution in [1.29, 1.82) is 0 Å². The second-order valence-electron chi connectivity index (χ2n) is 7.81. The molecule has 0 fully saturated rings. The number of sulfonamides is 1. The van der Waals surface area contributed by atoms with E-state index in [9.17, 15) is 18.0 Å². The monoisotopic (exact) mass is 459 g/mol. The zero-order valence-corrected chi connectivity index (χ0v) is 20.3. The van der Waals surface area contributed by atoms with Crippen LogP contribution in [0.3, 0.4) is 0 Å². The SMILES string of the molecule is CCNC(=O)C(C)N(Cc1ccccc1C)C(=O)CN(c1ccc(CC)cc1)S(C)(=O)=O. The van der Waals surface area contributed by atoms with Gasteiger partial charge in [0.2, 0.25) is 21.8 Å². The molecule has 2 aromatic rings. The van der Waals surface area contributed by atoms with E-state index >= 15 is 0 Å². The van der Waals surface area contributed by atoms with Gasteiger partial charge in [-0.1, -0.05) is 43.3 Å². The van der Waals surface area contributed by atoms with Gasteiger partial charge >= 0.3 is 0 Å². The van der Waals surface area contributed by atoms with E-state index in [0.29, 0.717) is 12.2 Å². The summed E-state index contributed by atoms with van der Waals surface area (Å²) in [5.41, 5.74) is 3.37. The van der Waals surface area contributed by atoms with Crippen molar-refractivity contribution in [3.63, 3.8) is 0 Å². The summed E-state index contributed by atoms with van der Waals surface area (Å²) in [5.74, 6) is -0.732. The lowest BCUT2D eigenvalue weighted by atomic mass is 10.1. The van der Waals surface area contributed by atoms with E-state index in [2.05, 4.69) is 5.32 Å². The van der Waals surface area contributed by atoms with Gasteiger partial charge in [0.25, 0.3) is 0 Å². The van der Waals surface area contributed by atoms with Crippen molar-refractivity contribution in [1.82, 2.24) is 10.2 Å². The highest BCUT2D eigenvalue weighted by Gasteiger charge is 2.30. The molecule has 1 atom stereocenters. The zero-order valence-electron chi connectivity index (χ0n) is 19.5. The fourth-order valence-corrected chi connectivity index (χ4v) is 4.24. The molecule has 0 saturated heterocycles. The average Bonchev–Trinajstić information content (AvgIpc) is 2.75. The first kappa shape index (κ1) is 25.4. The summed E-state index contributed by atoms with van der Waals surface area (Å²) in [6.07, 6.45) is 1.90. The van der Waals surface area contributed by atoms with Gasteiger partial charge in [-0.15, -0.1) is 0 Å². The minimum Gasteiger partial charge on any atom is -0.355 e. The highest BCUT2D eigenvalue weighted by atomic mass is 32.2. The van der Waals surface area contributed by atoms with E-state index in [1.165, 1.54) is 4.90 Å². The molecule has 0 aliphatic carbocycles. The van der Waals surface area contributed by atoms with Crippen molar-refractivity contribution in [2.24, 2.45) is 0 Å². The van der Waals surface area contributed by atoms with Crippen LogP contribution in [-0.2, 0) is 32.6 Å². The Balaban J connectivity index is 2.38. The highest BCUT2D eigenvalue weighted by Crippen LogP contribution is 2.20. The van der Waals surface area contributed by atoms with Crippen LogP contribution in [0.1, 0.15) is 37.5 Å². The summed E-state index contributed by atoms with van der Waals surface area (Å²) in [6.45, 7) is 7.67. The minimum absolute atomic E-state index is 0.205. The molecule has 2 rings (SSSR count). The van der Waals surface area contributed by atoms with Crippen molar-refractivity contribution < 1.29 is 18.0 Å². The quantitative estimate of drug-likeness (QED) is 0.592. The Morgan fingerprint density at radius 2 is 1.66 bits per heavy atom. The van der Waals surface area contributed by atoms with Gasteiger partial charge in [-0.3, -0.25) is 13.9 Å². The number of nitrogens with one attached hydrogen (secondary N) is 1. The molecule has 0 saturated carbocycles. The van der Waals surface area contributed by atoms with Gasteiger partial charge in [0.15, 0.2) is 0 Å². The standard InChI is InChI=1S/C24H33N3O4S/c1-6-20-12-14-22(15-13-20)27(32(5,30)31)17-23(28)26(19(4)24(29)25-7-2)16-21-11-9-8-10-18(21)3/h8-15,19H,6-7,16-17H2,1-5H3,(H,25,29). The first-order valence-corrected chi connectivity index (χ1v) is 12.6. The average molecular weight is 460 g/mol. The van der Waals surface area contributed by atoms with Crippen LogP contribution in [-0.4, -0.2) is 50.5 Å². The first-order valence-electron chi connectivity index (χ1n) is 10.8. The number of amides is 2. The molecule has 0 heterocycles. The summed E-state index contributed by atoms with van der Waals surface area (Å²) in [7, 11) is -3.72. The van der Waals surface area contributed by atoms with Crippen LogP contribution in [0.25, 0.3) is 0 Å². The normalized spacial score (nSPS) is 12.2. The number of hydrogen-bond acceptors (Lipinski definition) is 4. The van der Waals surface area contributed by atoms with Crippen molar-refractivity contribution in [3.05, 3.63) is 65.2 Å². The van der Waals surface area contributed by atoms with Gasteiger partial charge in [0.1, 0.15) is 12.6 Å². The summed E-state index contributed by atoms with van der Waals surface area (Å²) in [6, 6.07) is 14.0. The molecule has 2 amide bonds. The Morgan fingerprint density at radius 1 is 1.03 bits per heavy atom. The molecule has 1 N–H and O–H groups in total. The molecular weight excluding hydrogens is 426 g/mol. The lowest BCUT2D eigenvalue weighted by molar-refractivity contribution is -0.139. The van der Waals surface area contributed by atoms with Crippen LogP contribution in [0.15, 0.2) is 48.5 Å². The summed E-state index contributed by atoms with van der Waals surface area (Å²) in [5, 5.41) is 2.74. The van der Waals surface area contributed by atoms with Gasteiger partial charge in [-0.2, -0.15) is 0 Å². The second-order valence-corrected chi connectivity index (χ2v) is 9.72. The molecule has 1 unspecified atom stereocenters. The number of benzene rings is 2. The third kappa shape index (κ3) is 6.56. The molecule has 0 bridgehead atoms. The number of carbonyl (C=O) groups excluding carboxylic acids is 2. The molecular formula is C24H33N3O4S. The van der Waals surface area contributed by atoms with Gasteiger partial charge in [0, 0.05) is 13.1 Å². The van der Waals surface area contributed by atoms with E-state index in [-0.39, 0.29) is 19.0 Å². The molecule has 7 nitrogen and oxygen atoms in total. The Kier molecular flexibility index (Phi) is 8.83. The second kappa shape index (κ2) is 11.1. The molecule has 32 heavy (non-hydrogen) atoms. The van der Waals surface area contributed by atoms with E-state index < -0.39 is 22.0 Å². The maximum absolute atomic E-state index is 13.4. The molecule has 0 radical (unpaired) electrons. The van der Waals surface area contributed by atoms with Gasteiger partial charge in [-0.25, -0.2) is 8.42 Å². The zero-order chi connectivity index (χ0) is 23.9. The minimum atomic E-state index is -3.72.